The average molecular weight is 210 g/mol. The van der Waals surface area contributed by atoms with Gasteiger partial charge in [-0.2, -0.15) is 12.6 Å². The zero-order valence-corrected chi connectivity index (χ0v) is 8.79. The monoisotopic (exact) mass is 209 g/mol. The lowest BCUT2D eigenvalue weighted by Crippen LogP contribution is -2.44. The lowest BCUT2D eigenvalue weighted by molar-refractivity contribution is 0.0459. The van der Waals surface area contributed by atoms with Crippen molar-refractivity contribution < 1.29 is 4.74 Å². The molecule has 0 aromatic heterocycles. The molecule has 0 radical (unpaired) electrons. The van der Waals surface area contributed by atoms with Crippen molar-refractivity contribution in [2.45, 2.75) is 30.1 Å². The van der Waals surface area contributed by atoms with Gasteiger partial charge in [-0.1, -0.05) is 0 Å². The number of halogens is 1. The second-order valence-electron chi connectivity index (χ2n) is 3.63. The first-order valence-electron chi connectivity index (χ1n) is 4.32. The van der Waals surface area contributed by atoms with Gasteiger partial charge < -0.3 is 10.1 Å². The third kappa shape index (κ3) is 2.08. The van der Waals surface area contributed by atoms with Gasteiger partial charge in [-0.25, -0.2) is 0 Å². The predicted molar refractivity (Wildman–Crippen MR) is 55.4 cm³/mol. The van der Waals surface area contributed by atoms with Crippen molar-refractivity contribution in [3.63, 3.8) is 0 Å². The Balaban J connectivity index is 0.000000720. The summed E-state index contributed by atoms with van der Waals surface area (Å²) < 4.78 is 5.33. The molecule has 0 bridgehead atoms. The summed E-state index contributed by atoms with van der Waals surface area (Å²) in [6.07, 6.45) is 3.56. The quantitative estimate of drug-likeness (QED) is 0.586. The van der Waals surface area contributed by atoms with Crippen molar-refractivity contribution in [2.75, 3.05) is 19.8 Å². The maximum atomic E-state index is 5.33. The lowest BCUT2D eigenvalue weighted by Gasteiger charge is -2.33. The summed E-state index contributed by atoms with van der Waals surface area (Å²) in [6, 6.07) is 0. The lowest BCUT2D eigenvalue weighted by atomic mass is 9.89. The molecule has 1 unspecified atom stereocenters. The summed E-state index contributed by atoms with van der Waals surface area (Å²) >= 11 is 4.47. The third-order valence-corrected chi connectivity index (χ3v) is 3.15. The van der Waals surface area contributed by atoms with E-state index in [1.54, 1.807) is 0 Å². The van der Waals surface area contributed by atoms with Gasteiger partial charge in [0.1, 0.15) is 0 Å². The normalized spacial score (nSPS) is 33.2. The zero-order chi connectivity index (χ0) is 7.73. The minimum absolute atomic E-state index is 0. The Morgan fingerprint density at radius 2 is 2.00 bits per heavy atom. The Morgan fingerprint density at radius 1 is 1.33 bits per heavy atom. The number of thiol groups is 1. The van der Waals surface area contributed by atoms with E-state index in [0.717, 1.165) is 19.8 Å². The summed E-state index contributed by atoms with van der Waals surface area (Å²) in [7, 11) is 0. The highest BCUT2D eigenvalue weighted by molar-refractivity contribution is 7.81. The van der Waals surface area contributed by atoms with E-state index in [9.17, 15) is 0 Å². The fourth-order valence-electron chi connectivity index (χ4n) is 2.07. The molecule has 1 N–H and O–H groups in total. The maximum absolute atomic E-state index is 5.33. The number of ether oxygens (including phenoxy) is 1. The highest BCUT2D eigenvalue weighted by Crippen LogP contribution is 2.31. The fourth-order valence-corrected chi connectivity index (χ4v) is 2.51. The molecule has 72 valence electrons. The van der Waals surface area contributed by atoms with Gasteiger partial charge in [0.25, 0.3) is 0 Å². The first-order chi connectivity index (χ1) is 5.31. The van der Waals surface area contributed by atoms with Crippen molar-refractivity contribution in [2.24, 2.45) is 0 Å². The molecular weight excluding hydrogens is 194 g/mol. The van der Waals surface area contributed by atoms with Crippen LogP contribution in [0.15, 0.2) is 0 Å². The van der Waals surface area contributed by atoms with Crippen LogP contribution >= 0.6 is 25.0 Å². The van der Waals surface area contributed by atoms with Gasteiger partial charge in [-0.05, 0) is 19.3 Å². The number of hydrogen-bond acceptors (Lipinski definition) is 3. The third-order valence-electron chi connectivity index (χ3n) is 2.79. The van der Waals surface area contributed by atoms with Gasteiger partial charge in [0.15, 0.2) is 0 Å². The molecule has 2 fully saturated rings. The zero-order valence-electron chi connectivity index (χ0n) is 7.08. The second kappa shape index (κ2) is 4.18. The van der Waals surface area contributed by atoms with Gasteiger partial charge in [0.2, 0.25) is 0 Å². The van der Waals surface area contributed by atoms with Crippen molar-refractivity contribution in [1.29, 1.82) is 0 Å². The molecule has 1 spiro atoms. The van der Waals surface area contributed by atoms with Gasteiger partial charge in [-0.3, -0.25) is 0 Å². The standard InChI is InChI=1S/C8H15NOS.ClH/c11-7-5-8(9-6-7)1-3-10-4-2-8;/h7,9,11H,1-6H2;1H. The van der Waals surface area contributed by atoms with E-state index in [0.29, 0.717) is 10.8 Å². The fraction of sp³-hybridized carbons (Fsp3) is 1.00. The van der Waals surface area contributed by atoms with E-state index in [4.69, 9.17) is 4.74 Å². The Morgan fingerprint density at radius 3 is 2.50 bits per heavy atom. The number of rotatable bonds is 0. The highest BCUT2D eigenvalue weighted by atomic mass is 35.5. The molecule has 2 saturated heterocycles. The smallest absolute Gasteiger partial charge is 0.0483 e. The molecule has 0 amide bonds. The van der Waals surface area contributed by atoms with Gasteiger partial charge >= 0.3 is 0 Å². The first kappa shape index (κ1) is 10.6. The minimum atomic E-state index is 0. The number of hydrogen-bond donors (Lipinski definition) is 2. The number of nitrogens with one attached hydrogen (secondary N) is 1. The summed E-state index contributed by atoms with van der Waals surface area (Å²) in [5.74, 6) is 0. The molecular formula is C8H16ClNOS. The topological polar surface area (TPSA) is 21.3 Å². The molecule has 1 atom stereocenters. The molecule has 2 aliphatic heterocycles. The van der Waals surface area contributed by atoms with Crippen LogP contribution in [0.3, 0.4) is 0 Å². The van der Waals surface area contributed by atoms with Crippen LogP contribution in [0.2, 0.25) is 0 Å². The van der Waals surface area contributed by atoms with Crippen molar-refractivity contribution in [3.8, 4) is 0 Å². The Bertz CT molecular complexity index is 144. The Hall–Kier alpha value is 0.560. The predicted octanol–water partition coefficient (Wildman–Crippen LogP) is 1.25. The highest BCUT2D eigenvalue weighted by Gasteiger charge is 2.38. The summed E-state index contributed by atoms with van der Waals surface area (Å²) in [5.41, 5.74) is 0.394. The van der Waals surface area contributed by atoms with E-state index < -0.39 is 0 Å². The van der Waals surface area contributed by atoms with Crippen LogP contribution in [-0.4, -0.2) is 30.5 Å². The largest absolute Gasteiger partial charge is 0.381 e. The van der Waals surface area contributed by atoms with Crippen LogP contribution in [0.1, 0.15) is 19.3 Å². The van der Waals surface area contributed by atoms with E-state index in [2.05, 4.69) is 17.9 Å². The van der Waals surface area contributed by atoms with Crippen LogP contribution in [0.5, 0.6) is 0 Å². The van der Waals surface area contributed by atoms with E-state index in [1.165, 1.54) is 19.3 Å². The van der Waals surface area contributed by atoms with Crippen molar-refractivity contribution in [1.82, 2.24) is 5.32 Å². The minimum Gasteiger partial charge on any atom is -0.381 e. The molecule has 0 aliphatic carbocycles. The van der Waals surface area contributed by atoms with Crippen LogP contribution in [0.25, 0.3) is 0 Å². The SMILES string of the molecule is Cl.SC1CNC2(CCOCC2)C1. The van der Waals surface area contributed by atoms with Gasteiger partial charge in [0, 0.05) is 30.5 Å². The average Bonchev–Trinajstić information content (AvgIpc) is 2.34. The first-order valence-corrected chi connectivity index (χ1v) is 4.83. The Kier molecular flexibility index (Phi) is 3.71. The van der Waals surface area contributed by atoms with Crippen molar-refractivity contribution >= 4 is 25.0 Å². The van der Waals surface area contributed by atoms with E-state index in [1.807, 2.05) is 0 Å². The molecule has 12 heavy (non-hydrogen) atoms. The molecule has 0 aromatic rings. The molecule has 4 heteroatoms. The van der Waals surface area contributed by atoms with Gasteiger partial charge in [0.05, 0.1) is 0 Å². The summed E-state index contributed by atoms with van der Waals surface area (Å²) in [5, 5.41) is 4.13. The van der Waals surface area contributed by atoms with E-state index >= 15 is 0 Å². The molecule has 2 nitrogen and oxygen atoms in total. The van der Waals surface area contributed by atoms with Crippen LogP contribution in [-0.2, 0) is 4.74 Å². The van der Waals surface area contributed by atoms with Crippen LogP contribution in [0.4, 0.5) is 0 Å². The van der Waals surface area contributed by atoms with Crippen LogP contribution < -0.4 is 5.32 Å². The van der Waals surface area contributed by atoms with Gasteiger partial charge in [-0.15, -0.1) is 12.4 Å². The van der Waals surface area contributed by atoms with Crippen molar-refractivity contribution in [3.05, 3.63) is 0 Å². The summed E-state index contributed by atoms with van der Waals surface area (Å²) in [4.78, 5) is 0. The maximum Gasteiger partial charge on any atom is 0.0483 e. The molecule has 2 heterocycles. The Labute approximate surface area is 85.3 Å². The van der Waals surface area contributed by atoms with Crippen LogP contribution in [0, 0.1) is 0 Å². The molecule has 2 rings (SSSR count). The molecule has 2 aliphatic rings. The second-order valence-corrected chi connectivity index (χ2v) is 4.36. The summed E-state index contributed by atoms with van der Waals surface area (Å²) in [6.45, 7) is 2.92. The molecule has 0 saturated carbocycles. The molecule has 0 aromatic carbocycles. The van der Waals surface area contributed by atoms with E-state index in [-0.39, 0.29) is 12.4 Å².